The molecule has 3 heterocycles. The Morgan fingerprint density at radius 1 is 1.24 bits per heavy atom. The van der Waals surface area contributed by atoms with Crippen LogP contribution < -0.4 is 16.0 Å². The molecule has 3 fully saturated rings. The number of urea groups is 1. The topological polar surface area (TPSA) is 98.9 Å². The van der Waals surface area contributed by atoms with Gasteiger partial charge in [-0.05, 0) is 43.9 Å². The zero-order valence-corrected chi connectivity index (χ0v) is 17.2. The van der Waals surface area contributed by atoms with E-state index in [0.717, 1.165) is 47.6 Å². The lowest BCUT2D eigenvalue weighted by molar-refractivity contribution is -0.116. The number of H-pyrrole nitrogens is 1. The highest BCUT2D eigenvalue weighted by Gasteiger charge is 2.42. The van der Waals surface area contributed by atoms with E-state index in [1.165, 1.54) is 19.3 Å². The highest BCUT2D eigenvalue weighted by Crippen LogP contribution is 2.36. The SMILES string of the molecule is O=C(CCCC[C@@H]1SC[C@@H]2NC(=O)N[C@@H]21)Nc1ccc2nc(C3CCC3)[nH]c2c1. The lowest BCUT2D eigenvalue weighted by atomic mass is 9.85. The number of imidazole rings is 1. The molecule has 3 aliphatic rings. The van der Waals surface area contributed by atoms with Crippen LogP contribution in [0.3, 0.4) is 0 Å². The van der Waals surface area contributed by atoms with Crippen LogP contribution >= 0.6 is 11.8 Å². The Balaban J connectivity index is 1.08. The number of hydrogen-bond acceptors (Lipinski definition) is 4. The van der Waals surface area contributed by atoms with E-state index in [-0.39, 0.29) is 24.0 Å². The van der Waals surface area contributed by atoms with E-state index in [1.807, 2.05) is 30.0 Å². The fraction of sp³-hybridized carbons (Fsp3) is 0.571. The molecule has 0 bridgehead atoms. The van der Waals surface area contributed by atoms with Gasteiger partial charge in [0.25, 0.3) is 0 Å². The maximum absolute atomic E-state index is 12.3. The highest BCUT2D eigenvalue weighted by atomic mass is 32.2. The molecule has 3 amide bonds. The van der Waals surface area contributed by atoms with Gasteiger partial charge in [0.05, 0.1) is 23.1 Å². The number of carbonyl (C=O) groups is 2. The Labute approximate surface area is 174 Å². The van der Waals surface area contributed by atoms with Crippen LogP contribution in [0, 0.1) is 0 Å². The summed E-state index contributed by atoms with van der Waals surface area (Å²) < 4.78 is 0. The molecular weight excluding hydrogens is 386 g/mol. The molecule has 1 aliphatic carbocycles. The first-order valence-corrected chi connectivity index (χ1v) is 11.7. The first-order chi connectivity index (χ1) is 14.2. The van der Waals surface area contributed by atoms with Gasteiger partial charge < -0.3 is 20.9 Å². The maximum atomic E-state index is 12.3. The largest absolute Gasteiger partial charge is 0.342 e. The van der Waals surface area contributed by atoms with Crippen molar-refractivity contribution in [3.8, 4) is 0 Å². The molecule has 5 rings (SSSR count). The van der Waals surface area contributed by atoms with Crippen molar-refractivity contribution in [3.63, 3.8) is 0 Å². The fourth-order valence-corrected chi connectivity index (χ4v) is 6.02. The molecule has 2 aliphatic heterocycles. The Hall–Kier alpha value is -2.22. The van der Waals surface area contributed by atoms with Crippen LogP contribution in [0.15, 0.2) is 18.2 Å². The van der Waals surface area contributed by atoms with E-state index >= 15 is 0 Å². The summed E-state index contributed by atoms with van der Waals surface area (Å²) in [6.45, 7) is 0. The summed E-state index contributed by atoms with van der Waals surface area (Å²) in [6.07, 6.45) is 7.12. The minimum absolute atomic E-state index is 0.0429. The number of thioether (sulfide) groups is 1. The second-order valence-corrected chi connectivity index (χ2v) is 9.67. The summed E-state index contributed by atoms with van der Waals surface area (Å²) in [4.78, 5) is 31.9. The molecule has 29 heavy (non-hydrogen) atoms. The van der Waals surface area contributed by atoms with Crippen LogP contribution in [0.2, 0.25) is 0 Å². The second kappa shape index (κ2) is 7.89. The quantitative estimate of drug-likeness (QED) is 0.412. The molecule has 4 N–H and O–H groups in total. The van der Waals surface area contributed by atoms with Crippen LogP contribution in [0.5, 0.6) is 0 Å². The molecule has 2 aromatic rings. The van der Waals surface area contributed by atoms with Crippen LogP contribution in [0.25, 0.3) is 11.0 Å². The average Bonchev–Trinajstić information content (AvgIpc) is 3.31. The zero-order valence-electron chi connectivity index (χ0n) is 16.4. The molecule has 0 spiro atoms. The van der Waals surface area contributed by atoms with E-state index in [4.69, 9.17) is 0 Å². The number of rotatable bonds is 7. The molecule has 2 saturated heterocycles. The molecule has 7 nitrogen and oxygen atoms in total. The fourth-order valence-electron chi connectivity index (χ4n) is 4.48. The van der Waals surface area contributed by atoms with Crippen LogP contribution in [0.1, 0.15) is 56.7 Å². The molecule has 0 radical (unpaired) electrons. The van der Waals surface area contributed by atoms with Crippen molar-refractivity contribution >= 4 is 40.4 Å². The van der Waals surface area contributed by atoms with Gasteiger partial charge in [-0.2, -0.15) is 11.8 Å². The van der Waals surface area contributed by atoms with Crippen molar-refractivity contribution in [2.45, 2.75) is 68.2 Å². The van der Waals surface area contributed by atoms with Crippen molar-refractivity contribution in [1.29, 1.82) is 0 Å². The zero-order chi connectivity index (χ0) is 19.8. The standard InChI is InChI=1S/C21H27N5O2S/c27-18(7-2-1-6-17-19-16(11-29-17)25-21(28)26-19)22-13-8-9-14-15(10-13)24-20(23-14)12-4-3-5-12/h8-10,12,16-17,19H,1-7,11H2,(H,22,27)(H,23,24)(H2,25,26,28)/t16-,17-,19-/m0/s1. The lowest BCUT2D eigenvalue weighted by Gasteiger charge is -2.22. The number of hydrogen-bond donors (Lipinski definition) is 4. The highest BCUT2D eigenvalue weighted by molar-refractivity contribution is 8.00. The van der Waals surface area contributed by atoms with Crippen LogP contribution in [-0.2, 0) is 4.79 Å². The number of nitrogens with zero attached hydrogens (tertiary/aromatic N) is 1. The smallest absolute Gasteiger partial charge is 0.315 e. The Bertz CT molecular complexity index is 925. The van der Waals surface area contributed by atoms with E-state index in [9.17, 15) is 9.59 Å². The Morgan fingerprint density at radius 3 is 2.97 bits per heavy atom. The minimum atomic E-state index is -0.0429. The van der Waals surface area contributed by atoms with E-state index in [2.05, 4.69) is 25.9 Å². The summed E-state index contributed by atoms with van der Waals surface area (Å²) >= 11 is 1.92. The van der Waals surface area contributed by atoms with Gasteiger partial charge >= 0.3 is 6.03 Å². The first kappa shape index (κ1) is 18.8. The molecule has 1 saturated carbocycles. The van der Waals surface area contributed by atoms with Gasteiger partial charge in [0.15, 0.2) is 0 Å². The number of aromatic nitrogens is 2. The predicted molar refractivity (Wildman–Crippen MR) is 115 cm³/mol. The van der Waals surface area contributed by atoms with Crippen molar-refractivity contribution in [1.82, 2.24) is 20.6 Å². The number of benzene rings is 1. The molecule has 154 valence electrons. The third-order valence-electron chi connectivity index (χ3n) is 6.36. The second-order valence-electron chi connectivity index (χ2n) is 8.40. The van der Waals surface area contributed by atoms with Gasteiger partial charge in [-0.15, -0.1) is 0 Å². The number of amides is 3. The van der Waals surface area contributed by atoms with Gasteiger partial charge in [0.1, 0.15) is 5.82 Å². The summed E-state index contributed by atoms with van der Waals surface area (Å²) in [7, 11) is 0. The van der Waals surface area contributed by atoms with Gasteiger partial charge in [-0.25, -0.2) is 9.78 Å². The molecule has 1 aromatic heterocycles. The number of unbranched alkanes of at least 4 members (excludes halogenated alkanes) is 1. The molecular formula is C21H27N5O2S. The third-order valence-corrected chi connectivity index (χ3v) is 7.87. The molecule has 0 unspecified atom stereocenters. The summed E-state index contributed by atoms with van der Waals surface area (Å²) in [5, 5.41) is 9.45. The normalized spacial score (nSPS) is 26.1. The predicted octanol–water partition coefficient (Wildman–Crippen LogP) is 3.49. The Kier molecular flexibility index (Phi) is 5.11. The Morgan fingerprint density at radius 2 is 2.14 bits per heavy atom. The van der Waals surface area contributed by atoms with Gasteiger partial charge in [0.2, 0.25) is 5.91 Å². The van der Waals surface area contributed by atoms with E-state index in [0.29, 0.717) is 17.6 Å². The van der Waals surface area contributed by atoms with Gasteiger partial charge in [-0.1, -0.05) is 12.8 Å². The van der Waals surface area contributed by atoms with Crippen molar-refractivity contribution in [2.75, 3.05) is 11.1 Å². The first-order valence-electron chi connectivity index (χ1n) is 10.6. The maximum Gasteiger partial charge on any atom is 0.315 e. The number of fused-ring (bicyclic) bond motifs is 2. The van der Waals surface area contributed by atoms with Gasteiger partial charge in [-0.3, -0.25) is 4.79 Å². The van der Waals surface area contributed by atoms with Crippen LogP contribution in [-0.4, -0.2) is 45.0 Å². The van der Waals surface area contributed by atoms with Crippen molar-refractivity contribution in [3.05, 3.63) is 24.0 Å². The molecule has 3 atom stereocenters. The summed E-state index contributed by atoms with van der Waals surface area (Å²) in [6, 6.07) is 6.35. The summed E-state index contributed by atoms with van der Waals surface area (Å²) in [5.41, 5.74) is 2.77. The monoisotopic (exact) mass is 413 g/mol. The van der Waals surface area contributed by atoms with Crippen LogP contribution in [0.4, 0.5) is 10.5 Å². The number of aromatic amines is 1. The van der Waals surface area contributed by atoms with Crippen molar-refractivity contribution < 1.29 is 9.59 Å². The number of carbonyl (C=O) groups excluding carboxylic acids is 2. The van der Waals surface area contributed by atoms with Gasteiger partial charge in [0, 0.05) is 29.0 Å². The average molecular weight is 414 g/mol. The van der Waals surface area contributed by atoms with Crippen molar-refractivity contribution in [2.24, 2.45) is 0 Å². The number of nitrogens with one attached hydrogen (secondary N) is 4. The van der Waals surface area contributed by atoms with E-state index in [1.54, 1.807) is 0 Å². The lowest BCUT2D eigenvalue weighted by Crippen LogP contribution is -2.36. The summed E-state index contributed by atoms with van der Waals surface area (Å²) in [5.74, 6) is 2.68. The minimum Gasteiger partial charge on any atom is -0.342 e. The molecule has 8 heteroatoms. The van der Waals surface area contributed by atoms with E-state index < -0.39 is 0 Å². The third kappa shape index (κ3) is 3.95. The number of anilines is 1. The molecule has 1 aromatic carbocycles.